The van der Waals surface area contributed by atoms with Crippen molar-refractivity contribution in [1.82, 2.24) is 5.16 Å². The minimum absolute atomic E-state index is 0.119. The molecule has 5 nitrogen and oxygen atoms in total. The van der Waals surface area contributed by atoms with E-state index in [1.807, 2.05) is 0 Å². The molecule has 0 unspecified atom stereocenters. The molecule has 100 valence electrons. The number of fused-ring (bicyclic) bond motifs is 1. The third kappa shape index (κ3) is 1.81. The molecular formula is C12H12F2N4O. The second-order valence-electron chi connectivity index (χ2n) is 4.55. The maximum atomic E-state index is 14.3. The van der Waals surface area contributed by atoms with Crippen LogP contribution < -0.4 is 10.6 Å². The van der Waals surface area contributed by atoms with Gasteiger partial charge in [0.2, 0.25) is 5.58 Å². The van der Waals surface area contributed by atoms with Crippen molar-refractivity contribution in [3.05, 3.63) is 17.7 Å². The number of hydrogen-bond acceptors (Lipinski definition) is 5. The van der Waals surface area contributed by atoms with Gasteiger partial charge in [0.15, 0.2) is 11.6 Å². The summed E-state index contributed by atoms with van der Waals surface area (Å²) < 4.78 is 33.0. The zero-order valence-electron chi connectivity index (χ0n) is 10.0. The number of anilines is 2. The van der Waals surface area contributed by atoms with E-state index in [2.05, 4.69) is 5.16 Å². The zero-order chi connectivity index (χ0) is 13.6. The van der Waals surface area contributed by atoms with Crippen molar-refractivity contribution >= 4 is 28.2 Å². The molecule has 1 saturated heterocycles. The maximum absolute atomic E-state index is 14.3. The molecule has 1 fully saturated rings. The number of benzene rings is 1. The van der Waals surface area contributed by atoms with Crippen molar-refractivity contribution in [3.8, 4) is 0 Å². The fraction of sp³-hybridized carbons (Fsp3) is 0.333. The van der Waals surface area contributed by atoms with Crippen molar-refractivity contribution < 1.29 is 13.3 Å². The number of rotatable bonds is 1. The Morgan fingerprint density at radius 2 is 2.00 bits per heavy atom. The van der Waals surface area contributed by atoms with Crippen LogP contribution >= 0.6 is 0 Å². The Morgan fingerprint density at radius 3 is 2.68 bits per heavy atom. The highest BCUT2D eigenvalue weighted by Gasteiger charge is 2.24. The predicted molar refractivity (Wildman–Crippen MR) is 67.5 cm³/mol. The Balaban J connectivity index is 2.09. The number of piperidine rings is 1. The van der Waals surface area contributed by atoms with Gasteiger partial charge in [-0.25, -0.2) is 8.78 Å². The summed E-state index contributed by atoms with van der Waals surface area (Å²) in [5.74, 6) is -1.46. The van der Waals surface area contributed by atoms with Crippen LogP contribution in [0, 0.1) is 17.0 Å². The number of hydrogen-bond donors (Lipinski definition) is 2. The number of aromatic nitrogens is 1. The van der Waals surface area contributed by atoms with Crippen molar-refractivity contribution in [3.63, 3.8) is 0 Å². The van der Waals surface area contributed by atoms with Gasteiger partial charge in [-0.05, 0) is 0 Å². The summed E-state index contributed by atoms with van der Waals surface area (Å²) in [5, 5.41) is 10.8. The van der Waals surface area contributed by atoms with Crippen LogP contribution in [0.5, 0.6) is 0 Å². The van der Waals surface area contributed by atoms with Crippen LogP contribution in [0.25, 0.3) is 11.0 Å². The molecule has 0 atom stereocenters. The fourth-order valence-corrected chi connectivity index (χ4v) is 2.30. The summed E-state index contributed by atoms with van der Waals surface area (Å²) >= 11 is 0. The molecule has 1 aromatic heterocycles. The Bertz CT molecular complexity index is 657. The number of nitrogens with one attached hydrogen (secondary N) is 1. The predicted octanol–water partition coefficient (Wildman–Crippen LogP) is 2.31. The maximum Gasteiger partial charge on any atom is 0.209 e. The van der Waals surface area contributed by atoms with Gasteiger partial charge in [-0.15, -0.1) is 0 Å². The second kappa shape index (κ2) is 4.18. The van der Waals surface area contributed by atoms with E-state index >= 15 is 0 Å². The van der Waals surface area contributed by atoms with Crippen LogP contribution in [-0.2, 0) is 0 Å². The molecule has 3 rings (SSSR count). The first kappa shape index (κ1) is 11.9. The van der Waals surface area contributed by atoms with Crippen LogP contribution in [-0.4, -0.2) is 24.0 Å². The quantitative estimate of drug-likeness (QED) is 0.830. The standard InChI is InChI=1S/C12H12F2N4O/c13-7-5-8(18-3-1-6(15)2-4-18)10(14)11-9(7)12(16)17-19-11/h5,15H,1-4H2,(H2,16,17). The fourth-order valence-electron chi connectivity index (χ4n) is 2.30. The summed E-state index contributed by atoms with van der Waals surface area (Å²) in [7, 11) is 0. The molecule has 7 heteroatoms. The topological polar surface area (TPSA) is 79.1 Å². The molecule has 0 bridgehead atoms. The molecule has 1 aromatic carbocycles. The summed E-state index contributed by atoms with van der Waals surface area (Å²) in [6, 6.07) is 1.11. The van der Waals surface area contributed by atoms with Crippen LogP contribution in [0.3, 0.4) is 0 Å². The zero-order valence-corrected chi connectivity index (χ0v) is 10.0. The van der Waals surface area contributed by atoms with Gasteiger partial charge in [0, 0.05) is 37.7 Å². The van der Waals surface area contributed by atoms with Gasteiger partial charge >= 0.3 is 0 Å². The first-order valence-corrected chi connectivity index (χ1v) is 5.92. The highest BCUT2D eigenvalue weighted by atomic mass is 19.1. The Kier molecular flexibility index (Phi) is 2.62. The molecule has 1 aliphatic rings. The van der Waals surface area contributed by atoms with E-state index in [0.717, 1.165) is 6.07 Å². The van der Waals surface area contributed by atoms with Crippen LogP contribution in [0.1, 0.15) is 12.8 Å². The summed E-state index contributed by atoms with van der Waals surface area (Å²) in [6.07, 6.45) is 1.11. The molecule has 0 spiro atoms. The van der Waals surface area contributed by atoms with E-state index in [1.165, 1.54) is 0 Å². The van der Waals surface area contributed by atoms with E-state index in [1.54, 1.807) is 4.90 Å². The lowest BCUT2D eigenvalue weighted by Crippen LogP contribution is -2.34. The molecule has 3 N–H and O–H groups in total. The number of nitrogen functional groups attached to an aromatic ring is 1. The van der Waals surface area contributed by atoms with Gasteiger partial charge in [-0.3, -0.25) is 0 Å². The lowest BCUT2D eigenvalue weighted by atomic mass is 10.1. The van der Waals surface area contributed by atoms with Crippen LogP contribution in [0.4, 0.5) is 20.3 Å². The average molecular weight is 266 g/mol. The molecule has 0 radical (unpaired) electrons. The Hall–Kier alpha value is -2.18. The second-order valence-corrected chi connectivity index (χ2v) is 4.55. The van der Waals surface area contributed by atoms with Crippen molar-refractivity contribution in [2.45, 2.75) is 12.8 Å². The largest absolute Gasteiger partial charge is 0.380 e. The molecule has 0 amide bonds. The molecule has 2 heterocycles. The molecule has 0 saturated carbocycles. The minimum Gasteiger partial charge on any atom is -0.380 e. The van der Waals surface area contributed by atoms with Gasteiger partial charge in [-0.1, -0.05) is 5.16 Å². The molecular weight excluding hydrogens is 254 g/mol. The van der Waals surface area contributed by atoms with E-state index < -0.39 is 11.6 Å². The molecule has 1 aliphatic heterocycles. The van der Waals surface area contributed by atoms with Crippen molar-refractivity contribution in [1.29, 1.82) is 5.41 Å². The third-order valence-electron chi connectivity index (χ3n) is 3.35. The minimum atomic E-state index is -0.658. The van der Waals surface area contributed by atoms with Gasteiger partial charge in [-0.2, -0.15) is 0 Å². The Morgan fingerprint density at radius 1 is 1.32 bits per heavy atom. The van der Waals surface area contributed by atoms with Gasteiger partial charge < -0.3 is 20.6 Å². The molecule has 19 heavy (non-hydrogen) atoms. The number of nitrogens with two attached hydrogens (primary N) is 1. The lowest BCUT2D eigenvalue weighted by Gasteiger charge is -2.29. The van der Waals surface area contributed by atoms with E-state index in [4.69, 9.17) is 15.7 Å². The highest BCUT2D eigenvalue weighted by molar-refractivity contribution is 5.91. The van der Waals surface area contributed by atoms with Crippen molar-refractivity contribution in [2.24, 2.45) is 0 Å². The summed E-state index contributed by atoms with van der Waals surface area (Å²) in [4.78, 5) is 1.70. The van der Waals surface area contributed by atoms with Gasteiger partial charge in [0.1, 0.15) is 11.2 Å². The monoisotopic (exact) mass is 266 g/mol. The first-order valence-electron chi connectivity index (χ1n) is 5.92. The average Bonchev–Trinajstić information content (AvgIpc) is 2.78. The molecule has 0 aliphatic carbocycles. The van der Waals surface area contributed by atoms with Crippen molar-refractivity contribution in [2.75, 3.05) is 23.7 Å². The van der Waals surface area contributed by atoms with E-state index in [9.17, 15) is 8.78 Å². The lowest BCUT2D eigenvalue weighted by molar-refractivity contribution is 0.443. The van der Waals surface area contributed by atoms with E-state index in [-0.39, 0.29) is 22.5 Å². The normalized spacial score (nSPS) is 16.3. The van der Waals surface area contributed by atoms with Gasteiger partial charge in [0.05, 0.1) is 5.69 Å². The van der Waals surface area contributed by atoms with Gasteiger partial charge in [0.25, 0.3) is 0 Å². The Labute approximate surface area is 107 Å². The third-order valence-corrected chi connectivity index (χ3v) is 3.35. The smallest absolute Gasteiger partial charge is 0.209 e. The first-order chi connectivity index (χ1) is 9.08. The summed E-state index contributed by atoms with van der Waals surface area (Å²) in [6.45, 7) is 0.981. The summed E-state index contributed by atoms with van der Waals surface area (Å²) in [5.41, 5.74) is 5.94. The number of nitrogens with zero attached hydrogens (tertiary/aromatic N) is 2. The highest BCUT2D eigenvalue weighted by Crippen LogP contribution is 2.33. The van der Waals surface area contributed by atoms with Crippen LogP contribution in [0.15, 0.2) is 10.6 Å². The number of halogens is 2. The SMILES string of the molecule is N=C1CCN(c2cc(F)c3c(N)noc3c2F)CC1. The van der Waals surface area contributed by atoms with Crippen LogP contribution in [0.2, 0.25) is 0 Å². The van der Waals surface area contributed by atoms with E-state index in [0.29, 0.717) is 31.6 Å². The molecule has 2 aromatic rings.